The number of carbonyl (C=O) groups is 1. The number of phenols is 1. The molecule has 4 aromatic rings. The molecule has 3 aromatic carbocycles. The summed E-state index contributed by atoms with van der Waals surface area (Å²) in [5.74, 6) is 1.43. The molecule has 7 nitrogen and oxygen atoms in total. The third-order valence-electron chi connectivity index (χ3n) is 6.17. The number of nitrogens with one attached hydrogen (secondary N) is 1. The number of nitrogens with zero attached hydrogens (tertiary/aromatic N) is 1. The first-order valence-electron chi connectivity index (χ1n) is 10.9. The SMILES string of the molecule is COc1ccc(C2CC(c3cc4c(C)c(C(=O)c5ccccc5)oc4cc3O)=NN2)cc1OC. The number of hydrazone groups is 1. The van der Waals surface area contributed by atoms with Crippen LogP contribution in [-0.4, -0.2) is 30.8 Å². The summed E-state index contributed by atoms with van der Waals surface area (Å²) in [7, 11) is 3.20. The van der Waals surface area contributed by atoms with Crippen LogP contribution in [0.3, 0.4) is 0 Å². The van der Waals surface area contributed by atoms with E-state index in [2.05, 4.69) is 10.5 Å². The molecule has 1 aliphatic heterocycles. The number of ketones is 1. The summed E-state index contributed by atoms with van der Waals surface area (Å²) in [5, 5.41) is 16.0. The Morgan fingerprint density at radius 3 is 2.56 bits per heavy atom. The van der Waals surface area contributed by atoms with Crippen molar-refractivity contribution in [1.82, 2.24) is 5.43 Å². The first kappa shape index (κ1) is 21.6. The second-order valence-corrected chi connectivity index (χ2v) is 8.18. The summed E-state index contributed by atoms with van der Waals surface area (Å²) in [6.07, 6.45) is 0.571. The van der Waals surface area contributed by atoms with Crippen LogP contribution in [0.5, 0.6) is 17.2 Å². The number of aryl methyl sites for hydroxylation is 1. The molecule has 0 spiro atoms. The van der Waals surface area contributed by atoms with Crippen molar-refractivity contribution in [1.29, 1.82) is 0 Å². The van der Waals surface area contributed by atoms with Gasteiger partial charge in [-0.25, -0.2) is 0 Å². The molecule has 2 heterocycles. The van der Waals surface area contributed by atoms with E-state index in [9.17, 15) is 9.90 Å². The lowest BCUT2D eigenvalue weighted by Gasteiger charge is -2.14. The number of fused-ring (bicyclic) bond motifs is 1. The highest BCUT2D eigenvalue weighted by atomic mass is 16.5. The highest BCUT2D eigenvalue weighted by Gasteiger charge is 2.26. The van der Waals surface area contributed by atoms with Gasteiger partial charge < -0.3 is 24.4 Å². The molecule has 1 atom stereocenters. The monoisotopic (exact) mass is 456 g/mol. The lowest BCUT2D eigenvalue weighted by molar-refractivity contribution is 0.101. The van der Waals surface area contributed by atoms with E-state index in [0.29, 0.717) is 34.6 Å². The second kappa shape index (κ2) is 8.59. The largest absolute Gasteiger partial charge is 0.507 e. The Hall–Kier alpha value is -4.26. The second-order valence-electron chi connectivity index (χ2n) is 8.18. The molecule has 172 valence electrons. The molecule has 7 heteroatoms. The number of furan rings is 1. The Morgan fingerprint density at radius 2 is 1.82 bits per heavy atom. The first-order valence-corrected chi connectivity index (χ1v) is 10.9. The van der Waals surface area contributed by atoms with E-state index in [1.54, 1.807) is 32.4 Å². The fraction of sp³-hybridized carbons (Fsp3) is 0.185. The molecule has 1 aliphatic rings. The van der Waals surface area contributed by atoms with E-state index in [4.69, 9.17) is 13.9 Å². The van der Waals surface area contributed by atoms with Gasteiger partial charge in [0.25, 0.3) is 0 Å². The van der Waals surface area contributed by atoms with Crippen LogP contribution < -0.4 is 14.9 Å². The summed E-state index contributed by atoms with van der Waals surface area (Å²) in [6.45, 7) is 1.85. The van der Waals surface area contributed by atoms with Crippen LogP contribution in [0.15, 0.2) is 70.2 Å². The van der Waals surface area contributed by atoms with Crippen LogP contribution in [0.4, 0.5) is 0 Å². The Kier molecular flexibility index (Phi) is 5.45. The fourth-order valence-electron chi connectivity index (χ4n) is 4.30. The number of carbonyl (C=O) groups excluding carboxylic acids is 1. The van der Waals surface area contributed by atoms with E-state index in [-0.39, 0.29) is 23.3 Å². The number of hydrogen-bond acceptors (Lipinski definition) is 7. The topological polar surface area (TPSA) is 93.3 Å². The molecule has 0 amide bonds. The molecule has 1 aromatic heterocycles. The summed E-state index contributed by atoms with van der Waals surface area (Å²) >= 11 is 0. The number of ether oxygens (including phenoxy) is 2. The van der Waals surface area contributed by atoms with Crippen LogP contribution in [0.25, 0.3) is 11.0 Å². The van der Waals surface area contributed by atoms with E-state index >= 15 is 0 Å². The predicted octanol–water partition coefficient (Wildman–Crippen LogP) is 5.13. The van der Waals surface area contributed by atoms with E-state index in [1.807, 2.05) is 49.4 Å². The molecule has 2 N–H and O–H groups in total. The number of aromatic hydroxyl groups is 1. The van der Waals surface area contributed by atoms with Gasteiger partial charge in [0.05, 0.1) is 26.0 Å². The molecule has 1 unspecified atom stereocenters. The minimum Gasteiger partial charge on any atom is -0.507 e. The Morgan fingerprint density at radius 1 is 1.06 bits per heavy atom. The summed E-state index contributed by atoms with van der Waals surface area (Å²) in [5.41, 5.74) is 7.20. The van der Waals surface area contributed by atoms with E-state index < -0.39 is 0 Å². The zero-order chi connectivity index (χ0) is 23.8. The third kappa shape index (κ3) is 3.65. The molecule has 0 bridgehead atoms. The van der Waals surface area contributed by atoms with Crippen molar-refractivity contribution in [2.45, 2.75) is 19.4 Å². The highest BCUT2D eigenvalue weighted by Crippen LogP contribution is 2.37. The predicted molar refractivity (Wildman–Crippen MR) is 129 cm³/mol. The van der Waals surface area contributed by atoms with Crippen molar-refractivity contribution < 1.29 is 23.8 Å². The molecule has 0 aliphatic carbocycles. The van der Waals surface area contributed by atoms with Gasteiger partial charge in [-0.3, -0.25) is 4.79 Å². The van der Waals surface area contributed by atoms with Gasteiger partial charge in [-0.2, -0.15) is 5.10 Å². The molecular formula is C27H24N2O5. The normalized spacial score (nSPS) is 15.1. The van der Waals surface area contributed by atoms with E-state index in [0.717, 1.165) is 22.2 Å². The van der Waals surface area contributed by atoms with Gasteiger partial charge in [0.1, 0.15) is 11.3 Å². The molecule has 0 fully saturated rings. The van der Waals surface area contributed by atoms with Crippen LogP contribution in [-0.2, 0) is 0 Å². The summed E-state index contributed by atoms with van der Waals surface area (Å²) in [4.78, 5) is 13.0. The van der Waals surface area contributed by atoms with E-state index in [1.165, 1.54) is 0 Å². The quantitative estimate of drug-likeness (QED) is 0.391. The summed E-state index contributed by atoms with van der Waals surface area (Å²) in [6, 6.07) is 18.0. The van der Waals surface area contributed by atoms with Crippen LogP contribution >= 0.6 is 0 Å². The molecular weight excluding hydrogens is 432 g/mol. The van der Waals surface area contributed by atoms with Crippen molar-refractivity contribution in [3.05, 3.63) is 88.7 Å². The van der Waals surface area contributed by atoms with Gasteiger partial charge in [-0.15, -0.1) is 0 Å². The molecule has 0 saturated heterocycles. The molecule has 0 radical (unpaired) electrons. The lowest BCUT2D eigenvalue weighted by Crippen LogP contribution is -2.10. The molecule has 0 saturated carbocycles. The maximum Gasteiger partial charge on any atom is 0.228 e. The van der Waals surface area contributed by atoms with Gasteiger partial charge in [0, 0.05) is 34.6 Å². The zero-order valence-electron chi connectivity index (χ0n) is 19.1. The summed E-state index contributed by atoms with van der Waals surface area (Å²) < 4.78 is 16.6. The average molecular weight is 456 g/mol. The maximum atomic E-state index is 13.0. The molecule has 34 heavy (non-hydrogen) atoms. The lowest BCUT2D eigenvalue weighted by atomic mass is 9.96. The van der Waals surface area contributed by atoms with Crippen LogP contribution in [0.2, 0.25) is 0 Å². The fourth-order valence-corrected chi connectivity index (χ4v) is 4.30. The average Bonchev–Trinajstić information content (AvgIpc) is 3.48. The number of benzene rings is 3. The van der Waals surface area contributed by atoms with Gasteiger partial charge >= 0.3 is 0 Å². The standard InChI is InChI=1S/C27H24N2O5/c1-15-18-12-19(21-13-20(28-29-21)17-9-10-23(32-2)25(11-17)33-3)22(30)14-24(18)34-27(15)26(31)16-7-5-4-6-8-16/h4-12,14,20,28,30H,13H2,1-3H3. The zero-order valence-corrected chi connectivity index (χ0v) is 19.1. The number of phenolic OH excluding ortho intramolecular Hbond substituents is 1. The van der Waals surface area contributed by atoms with Crippen molar-refractivity contribution in [3.63, 3.8) is 0 Å². The first-order chi connectivity index (χ1) is 16.5. The Balaban J connectivity index is 1.45. The van der Waals surface area contributed by atoms with Crippen molar-refractivity contribution >= 4 is 22.5 Å². The minimum absolute atomic E-state index is 0.0495. The van der Waals surface area contributed by atoms with Crippen LogP contribution in [0, 0.1) is 6.92 Å². The van der Waals surface area contributed by atoms with Crippen molar-refractivity contribution in [2.24, 2.45) is 5.10 Å². The molecule has 5 rings (SSSR count). The van der Waals surface area contributed by atoms with Gasteiger partial charge in [0.2, 0.25) is 5.78 Å². The van der Waals surface area contributed by atoms with Gasteiger partial charge in [-0.1, -0.05) is 36.4 Å². The number of hydrogen-bond donors (Lipinski definition) is 2. The minimum atomic E-state index is -0.191. The third-order valence-corrected chi connectivity index (χ3v) is 6.17. The number of rotatable bonds is 6. The van der Waals surface area contributed by atoms with Crippen molar-refractivity contribution in [3.8, 4) is 17.2 Å². The van der Waals surface area contributed by atoms with Crippen molar-refractivity contribution in [2.75, 3.05) is 14.2 Å². The number of methoxy groups -OCH3 is 2. The smallest absolute Gasteiger partial charge is 0.228 e. The maximum absolute atomic E-state index is 13.0. The Bertz CT molecular complexity index is 1420. The van der Waals surface area contributed by atoms with Gasteiger partial charge in [0.15, 0.2) is 17.3 Å². The van der Waals surface area contributed by atoms with Crippen LogP contribution in [0.1, 0.15) is 45.3 Å². The highest BCUT2D eigenvalue weighted by molar-refractivity contribution is 6.12. The van der Waals surface area contributed by atoms with Gasteiger partial charge in [-0.05, 0) is 30.7 Å². The Labute approximate surface area is 196 Å².